The predicted molar refractivity (Wildman–Crippen MR) is 68.8 cm³/mol. The van der Waals surface area contributed by atoms with Gasteiger partial charge in [0.25, 0.3) is 10.0 Å². The van der Waals surface area contributed by atoms with E-state index in [1.807, 2.05) is 0 Å². The van der Waals surface area contributed by atoms with Gasteiger partial charge in [-0.1, -0.05) is 16.8 Å². The van der Waals surface area contributed by atoms with Gasteiger partial charge in [-0.25, -0.2) is 9.67 Å². The summed E-state index contributed by atoms with van der Waals surface area (Å²) in [6.45, 7) is 0. The third-order valence-electron chi connectivity index (χ3n) is 1.95. The summed E-state index contributed by atoms with van der Waals surface area (Å²) in [4.78, 5) is 3.85. The largest absolute Gasteiger partial charge is 0.283 e. The monoisotopic (exact) mass is 351 g/mol. The van der Waals surface area contributed by atoms with E-state index in [9.17, 15) is 8.42 Å². The minimum atomic E-state index is -3.83. The molecule has 1 N–H and O–H groups in total. The molecule has 0 bridgehead atoms. The van der Waals surface area contributed by atoms with Crippen LogP contribution in [0.5, 0.6) is 0 Å². The molecule has 0 aliphatic carbocycles. The van der Waals surface area contributed by atoms with Crippen LogP contribution in [0.15, 0.2) is 28.0 Å². The van der Waals surface area contributed by atoms with Crippen molar-refractivity contribution >= 4 is 43.4 Å². The Labute approximate surface area is 116 Å². The molecule has 2 aromatic rings. The fourth-order valence-electron chi connectivity index (χ4n) is 1.25. The van der Waals surface area contributed by atoms with E-state index in [0.717, 1.165) is 4.68 Å². The summed E-state index contributed by atoms with van der Waals surface area (Å²) in [7, 11) is -2.36. The van der Waals surface area contributed by atoms with E-state index in [1.54, 1.807) is 6.07 Å². The fraction of sp³-hybridized carbons (Fsp3) is 0.125. The van der Waals surface area contributed by atoms with Crippen molar-refractivity contribution in [2.24, 2.45) is 7.05 Å². The lowest BCUT2D eigenvalue weighted by Gasteiger charge is -2.07. The summed E-state index contributed by atoms with van der Waals surface area (Å²) < 4.78 is 27.7. The number of hydrogen-bond donors (Lipinski definition) is 1. The molecule has 0 aliphatic heterocycles. The average molecular weight is 353 g/mol. The average Bonchev–Trinajstić information content (AvgIpc) is 2.58. The molecule has 2 heterocycles. The Morgan fingerprint density at radius 3 is 2.78 bits per heavy atom. The molecule has 0 aromatic carbocycles. The van der Waals surface area contributed by atoms with Gasteiger partial charge < -0.3 is 0 Å². The zero-order valence-corrected chi connectivity index (χ0v) is 12.2. The molecule has 7 nitrogen and oxygen atoms in total. The number of sulfonamides is 1. The lowest BCUT2D eigenvalue weighted by atomic mass is 10.5. The first-order chi connectivity index (χ1) is 8.40. The zero-order chi connectivity index (χ0) is 13.3. The SMILES string of the molecule is Cn1nnc(Br)c1S(=O)(=O)Nc1cc(Cl)ccn1. The Bertz CT molecular complexity index is 667. The molecule has 0 spiro atoms. The van der Waals surface area contributed by atoms with Gasteiger partial charge in [-0.05, 0) is 22.0 Å². The molecule has 18 heavy (non-hydrogen) atoms. The van der Waals surface area contributed by atoms with E-state index in [0.29, 0.717) is 5.02 Å². The van der Waals surface area contributed by atoms with Gasteiger partial charge in [-0.15, -0.1) is 5.10 Å². The minimum Gasteiger partial charge on any atom is -0.262 e. The molecule has 0 radical (unpaired) electrons. The van der Waals surface area contributed by atoms with Crippen LogP contribution in [0.1, 0.15) is 0 Å². The number of rotatable bonds is 3. The van der Waals surface area contributed by atoms with Gasteiger partial charge in [0.2, 0.25) is 5.03 Å². The van der Waals surface area contributed by atoms with Gasteiger partial charge in [-0.2, -0.15) is 8.42 Å². The third kappa shape index (κ3) is 2.62. The van der Waals surface area contributed by atoms with Crippen LogP contribution in [0.2, 0.25) is 5.02 Å². The fourth-order valence-corrected chi connectivity index (χ4v) is 3.51. The Kier molecular flexibility index (Phi) is 3.55. The highest BCUT2D eigenvalue weighted by Crippen LogP contribution is 2.21. The van der Waals surface area contributed by atoms with Gasteiger partial charge in [0.05, 0.1) is 0 Å². The number of nitrogens with zero attached hydrogens (tertiary/aromatic N) is 4. The molecule has 2 rings (SSSR count). The molecule has 2 aromatic heterocycles. The molecule has 10 heteroatoms. The maximum atomic E-state index is 12.1. The van der Waals surface area contributed by atoms with Crippen LogP contribution in [-0.4, -0.2) is 28.4 Å². The normalized spacial score (nSPS) is 11.5. The summed E-state index contributed by atoms with van der Waals surface area (Å²) in [5, 5.41) is 7.49. The number of halogens is 2. The van der Waals surface area contributed by atoms with Gasteiger partial charge in [0.1, 0.15) is 5.82 Å². The molecule has 0 unspecified atom stereocenters. The first-order valence-corrected chi connectivity index (χ1v) is 7.25. The van der Waals surface area contributed by atoms with Crippen molar-refractivity contribution in [3.05, 3.63) is 28.0 Å². The van der Waals surface area contributed by atoms with E-state index in [4.69, 9.17) is 11.6 Å². The van der Waals surface area contributed by atoms with Crippen molar-refractivity contribution in [2.45, 2.75) is 5.03 Å². The van der Waals surface area contributed by atoms with Crippen LogP contribution >= 0.6 is 27.5 Å². The number of hydrogen-bond acceptors (Lipinski definition) is 5. The lowest BCUT2D eigenvalue weighted by molar-refractivity contribution is 0.578. The molecule has 0 saturated heterocycles. The maximum Gasteiger partial charge on any atom is 0.283 e. The van der Waals surface area contributed by atoms with Crippen molar-refractivity contribution in [3.63, 3.8) is 0 Å². The maximum absolute atomic E-state index is 12.1. The Hall–Kier alpha value is -1.19. The Balaban J connectivity index is 2.39. The second-order valence-electron chi connectivity index (χ2n) is 3.27. The van der Waals surface area contributed by atoms with Crippen molar-refractivity contribution in [1.29, 1.82) is 0 Å². The summed E-state index contributed by atoms with van der Waals surface area (Å²) in [5.41, 5.74) is 0. The van der Waals surface area contributed by atoms with Crippen LogP contribution in [0.25, 0.3) is 0 Å². The number of nitrogens with one attached hydrogen (secondary N) is 1. The van der Waals surface area contributed by atoms with Crippen LogP contribution in [0.3, 0.4) is 0 Å². The van der Waals surface area contributed by atoms with Gasteiger partial charge in [-0.3, -0.25) is 4.72 Å². The van der Waals surface area contributed by atoms with E-state index < -0.39 is 10.0 Å². The number of aromatic nitrogens is 4. The topological polar surface area (TPSA) is 89.8 Å². The number of pyridine rings is 1. The zero-order valence-electron chi connectivity index (χ0n) is 9.00. The standard InChI is InChI=1S/C8H7BrClN5O2S/c1-15-8(7(9)12-14-15)18(16,17)13-6-4-5(10)2-3-11-6/h2-4H,1H3,(H,11,13). The van der Waals surface area contributed by atoms with Crippen LogP contribution in [0, 0.1) is 0 Å². The van der Waals surface area contributed by atoms with Crippen LogP contribution in [0.4, 0.5) is 5.82 Å². The van der Waals surface area contributed by atoms with Gasteiger partial charge in [0.15, 0.2) is 4.60 Å². The van der Waals surface area contributed by atoms with E-state index in [-0.39, 0.29) is 15.4 Å². The first kappa shape index (κ1) is 13.2. The minimum absolute atomic E-state index is 0.0933. The Morgan fingerprint density at radius 2 is 2.22 bits per heavy atom. The van der Waals surface area contributed by atoms with Gasteiger partial charge in [0, 0.05) is 24.3 Å². The van der Waals surface area contributed by atoms with Crippen molar-refractivity contribution in [2.75, 3.05) is 4.72 Å². The Morgan fingerprint density at radius 1 is 1.50 bits per heavy atom. The smallest absolute Gasteiger partial charge is 0.262 e. The molecular weight excluding hydrogens is 346 g/mol. The van der Waals surface area contributed by atoms with Gasteiger partial charge >= 0.3 is 0 Å². The summed E-state index contributed by atoms with van der Waals surface area (Å²) in [5.74, 6) is 0.121. The number of aryl methyl sites for hydroxylation is 1. The summed E-state index contributed by atoms with van der Waals surface area (Å²) in [6, 6.07) is 2.94. The highest BCUT2D eigenvalue weighted by molar-refractivity contribution is 9.10. The van der Waals surface area contributed by atoms with Crippen LogP contribution in [-0.2, 0) is 17.1 Å². The van der Waals surface area contributed by atoms with Crippen LogP contribution < -0.4 is 4.72 Å². The van der Waals surface area contributed by atoms with Crippen molar-refractivity contribution in [1.82, 2.24) is 20.0 Å². The van der Waals surface area contributed by atoms with E-state index >= 15 is 0 Å². The third-order valence-corrected chi connectivity index (χ3v) is 4.43. The molecular formula is C8H7BrClN5O2S. The number of anilines is 1. The summed E-state index contributed by atoms with van der Waals surface area (Å²) in [6.07, 6.45) is 1.40. The first-order valence-electron chi connectivity index (χ1n) is 4.60. The van der Waals surface area contributed by atoms with E-state index in [2.05, 4.69) is 35.9 Å². The quantitative estimate of drug-likeness (QED) is 0.902. The molecule has 0 atom stereocenters. The lowest BCUT2D eigenvalue weighted by Crippen LogP contribution is -2.17. The highest BCUT2D eigenvalue weighted by Gasteiger charge is 2.24. The molecule has 0 aliphatic rings. The highest BCUT2D eigenvalue weighted by atomic mass is 79.9. The second kappa shape index (κ2) is 4.82. The molecule has 0 amide bonds. The van der Waals surface area contributed by atoms with E-state index in [1.165, 1.54) is 19.3 Å². The second-order valence-corrected chi connectivity index (χ2v) is 6.06. The van der Waals surface area contributed by atoms with Crippen molar-refractivity contribution in [3.8, 4) is 0 Å². The molecule has 0 fully saturated rings. The van der Waals surface area contributed by atoms with Crippen molar-refractivity contribution < 1.29 is 8.42 Å². The predicted octanol–water partition coefficient (Wildman–Crippen LogP) is 1.43. The molecule has 0 saturated carbocycles. The molecule has 96 valence electrons. The summed E-state index contributed by atoms with van der Waals surface area (Å²) >= 11 is 8.77.